The lowest BCUT2D eigenvalue weighted by atomic mass is 10.2. The molecule has 0 spiro atoms. The fourth-order valence-electron chi connectivity index (χ4n) is 2.14. The fourth-order valence-corrected chi connectivity index (χ4v) is 2.14. The van der Waals surface area contributed by atoms with E-state index in [9.17, 15) is 9.59 Å². The van der Waals surface area contributed by atoms with Crippen molar-refractivity contribution in [2.75, 3.05) is 23.9 Å². The Morgan fingerprint density at radius 2 is 2.25 bits per heavy atom. The second-order valence-corrected chi connectivity index (χ2v) is 4.81. The van der Waals surface area contributed by atoms with Crippen LogP contribution in [-0.2, 0) is 9.59 Å². The number of benzene rings is 1. The molecule has 20 heavy (non-hydrogen) atoms. The van der Waals surface area contributed by atoms with Crippen molar-refractivity contribution in [3.8, 4) is 5.75 Å². The van der Waals surface area contributed by atoms with E-state index in [1.54, 1.807) is 30.0 Å². The van der Waals surface area contributed by atoms with Gasteiger partial charge in [0.2, 0.25) is 11.8 Å². The summed E-state index contributed by atoms with van der Waals surface area (Å²) in [6.45, 7) is 2.31. The number of hydrogen-bond acceptors (Lipinski definition) is 4. The van der Waals surface area contributed by atoms with E-state index in [2.05, 4.69) is 5.32 Å². The summed E-state index contributed by atoms with van der Waals surface area (Å²) in [7, 11) is 1.54. The summed E-state index contributed by atoms with van der Waals surface area (Å²) in [5.74, 6) is 0.385. The van der Waals surface area contributed by atoms with Crippen LogP contribution in [0.15, 0.2) is 18.2 Å². The van der Waals surface area contributed by atoms with E-state index in [-0.39, 0.29) is 11.8 Å². The Kier molecular flexibility index (Phi) is 4.24. The number of nitrogens with zero attached hydrogens (tertiary/aromatic N) is 1. The molecule has 0 aromatic heterocycles. The Balaban J connectivity index is 2.24. The summed E-state index contributed by atoms with van der Waals surface area (Å²) in [5, 5.41) is 2.70. The van der Waals surface area contributed by atoms with Gasteiger partial charge in [0.1, 0.15) is 5.75 Å². The molecule has 2 rings (SSSR count). The molecule has 0 aliphatic carbocycles. The van der Waals surface area contributed by atoms with Gasteiger partial charge >= 0.3 is 0 Å². The standard InChI is InChI=1S/C14H19N3O3/c1-9(15)14(19)16-10-5-6-11(12(8-10)20-2)17-7-3-4-13(17)18/h5-6,8-9H,3-4,7,15H2,1-2H3,(H,16,19). The van der Waals surface area contributed by atoms with Gasteiger partial charge in [0.15, 0.2) is 0 Å². The smallest absolute Gasteiger partial charge is 0.241 e. The highest BCUT2D eigenvalue weighted by atomic mass is 16.5. The lowest BCUT2D eigenvalue weighted by Crippen LogP contribution is -2.32. The summed E-state index contributed by atoms with van der Waals surface area (Å²) in [4.78, 5) is 25.0. The molecule has 2 amide bonds. The van der Waals surface area contributed by atoms with Gasteiger partial charge in [-0.15, -0.1) is 0 Å². The molecule has 6 nitrogen and oxygen atoms in total. The second-order valence-electron chi connectivity index (χ2n) is 4.81. The van der Waals surface area contributed by atoms with Crippen LogP contribution in [0.1, 0.15) is 19.8 Å². The normalized spacial score (nSPS) is 16.1. The summed E-state index contributed by atoms with van der Waals surface area (Å²) >= 11 is 0. The highest BCUT2D eigenvalue weighted by Crippen LogP contribution is 2.33. The van der Waals surface area contributed by atoms with E-state index in [4.69, 9.17) is 10.5 Å². The number of carbonyl (C=O) groups excluding carboxylic acids is 2. The van der Waals surface area contributed by atoms with Crippen molar-refractivity contribution in [3.63, 3.8) is 0 Å². The van der Waals surface area contributed by atoms with E-state index >= 15 is 0 Å². The van der Waals surface area contributed by atoms with Crippen molar-refractivity contribution in [1.29, 1.82) is 0 Å². The van der Waals surface area contributed by atoms with Gasteiger partial charge in [0.05, 0.1) is 18.8 Å². The summed E-state index contributed by atoms with van der Waals surface area (Å²) in [6.07, 6.45) is 1.41. The molecule has 6 heteroatoms. The monoisotopic (exact) mass is 277 g/mol. The van der Waals surface area contributed by atoms with Crippen LogP contribution in [0.3, 0.4) is 0 Å². The number of nitrogens with two attached hydrogens (primary N) is 1. The van der Waals surface area contributed by atoms with Gasteiger partial charge in [0.25, 0.3) is 0 Å². The Morgan fingerprint density at radius 3 is 2.80 bits per heavy atom. The van der Waals surface area contributed by atoms with E-state index in [0.29, 0.717) is 24.4 Å². The number of carbonyl (C=O) groups is 2. The number of rotatable bonds is 4. The van der Waals surface area contributed by atoms with Crippen LogP contribution in [0.4, 0.5) is 11.4 Å². The average Bonchev–Trinajstić information content (AvgIpc) is 2.84. The highest BCUT2D eigenvalue weighted by molar-refractivity contribution is 5.98. The first kappa shape index (κ1) is 14.3. The third kappa shape index (κ3) is 2.91. The molecule has 1 aliphatic heterocycles. The maximum absolute atomic E-state index is 11.8. The van der Waals surface area contributed by atoms with Crippen LogP contribution in [0.5, 0.6) is 5.75 Å². The number of ether oxygens (including phenoxy) is 1. The predicted octanol–water partition coefficient (Wildman–Crippen LogP) is 1.11. The van der Waals surface area contributed by atoms with Gasteiger partial charge in [-0.2, -0.15) is 0 Å². The van der Waals surface area contributed by atoms with Crippen LogP contribution in [0, 0.1) is 0 Å². The number of nitrogens with one attached hydrogen (secondary N) is 1. The average molecular weight is 277 g/mol. The molecule has 0 saturated carbocycles. The van der Waals surface area contributed by atoms with Crippen molar-refractivity contribution in [3.05, 3.63) is 18.2 Å². The van der Waals surface area contributed by atoms with E-state index < -0.39 is 6.04 Å². The number of hydrogen-bond donors (Lipinski definition) is 2. The Hall–Kier alpha value is -2.08. The quantitative estimate of drug-likeness (QED) is 0.863. The summed E-state index contributed by atoms with van der Waals surface area (Å²) < 4.78 is 5.31. The maximum atomic E-state index is 11.8. The molecule has 1 unspecified atom stereocenters. The zero-order valence-electron chi connectivity index (χ0n) is 11.7. The summed E-state index contributed by atoms with van der Waals surface area (Å²) in [6, 6.07) is 4.63. The molecule has 1 atom stereocenters. The molecule has 1 heterocycles. The molecule has 1 fully saturated rings. The second kappa shape index (κ2) is 5.92. The Labute approximate surface area is 117 Å². The zero-order valence-corrected chi connectivity index (χ0v) is 11.7. The van der Waals surface area contributed by atoms with E-state index in [1.807, 2.05) is 0 Å². The van der Waals surface area contributed by atoms with Crippen molar-refractivity contribution in [2.24, 2.45) is 5.73 Å². The van der Waals surface area contributed by atoms with Gasteiger partial charge in [0, 0.05) is 24.7 Å². The SMILES string of the molecule is COc1cc(NC(=O)C(C)N)ccc1N1CCCC1=O. The van der Waals surface area contributed by atoms with Gasteiger partial charge in [-0.25, -0.2) is 0 Å². The van der Waals surface area contributed by atoms with E-state index in [0.717, 1.165) is 12.1 Å². The number of methoxy groups -OCH3 is 1. The maximum Gasteiger partial charge on any atom is 0.241 e. The molecule has 0 radical (unpaired) electrons. The molecule has 108 valence electrons. The lowest BCUT2D eigenvalue weighted by molar-refractivity contribution is -0.117. The highest BCUT2D eigenvalue weighted by Gasteiger charge is 2.24. The van der Waals surface area contributed by atoms with Crippen molar-refractivity contribution in [1.82, 2.24) is 0 Å². The minimum absolute atomic E-state index is 0.0932. The van der Waals surface area contributed by atoms with Gasteiger partial charge in [-0.1, -0.05) is 0 Å². The van der Waals surface area contributed by atoms with Crippen LogP contribution >= 0.6 is 0 Å². The van der Waals surface area contributed by atoms with Crippen molar-refractivity contribution >= 4 is 23.2 Å². The first-order valence-electron chi connectivity index (χ1n) is 6.58. The first-order chi connectivity index (χ1) is 9.52. The van der Waals surface area contributed by atoms with Crippen molar-refractivity contribution < 1.29 is 14.3 Å². The minimum atomic E-state index is -0.583. The number of anilines is 2. The van der Waals surface area contributed by atoms with Crippen molar-refractivity contribution in [2.45, 2.75) is 25.8 Å². The lowest BCUT2D eigenvalue weighted by Gasteiger charge is -2.20. The largest absolute Gasteiger partial charge is 0.494 e. The number of amides is 2. The molecule has 1 aromatic carbocycles. The van der Waals surface area contributed by atoms with Gasteiger partial charge in [-0.3, -0.25) is 9.59 Å². The Bertz CT molecular complexity index is 528. The van der Waals surface area contributed by atoms with Crippen LogP contribution < -0.4 is 20.7 Å². The molecular weight excluding hydrogens is 258 g/mol. The molecular formula is C14H19N3O3. The molecule has 0 bridgehead atoms. The fraction of sp³-hybridized carbons (Fsp3) is 0.429. The molecule has 1 saturated heterocycles. The third-order valence-electron chi connectivity index (χ3n) is 3.23. The van der Waals surface area contributed by atoms with Crippen LogP contribution in [0.2, 0.25) is 0 Å². The van der Waals surface area contributed by atoms with Gasteiger partial charge < -0.3 is 20.7 Å². The zero-order chi connectivity index (χ0) is 14.7. The Morgan fingerprint density at radius 1 is 1.50 bits per heavy atom. The van der Waals surface area contributed by atoms with Crippen LogP contribution in [-0.4, -0.2) is 31.5 Å². The predicted molar refractivity (Wildman–Crippen MR) is 76.9 cm³/mol. The van der Waals surface area contributed by atoms with Crippen LogP contribution in [0.25, 0.3) is 0 Å². The van der Waals surface area contributed by atoms with E-state index in [1.165, 1.54) is 7.11 Å². The molecule has 3 N–H and O–H groups in total. The third-order valence-corrected chi connectivity index (χ3v) is 3.23. The topological polar surface area (TPSA) is 84.7 Å². The first-order valence-corrected chi connectivity index (χ1v) is 6.58. The molecule has 1 aromatic rings. The minimum Gasteiger partial charge on any atom is -0.494 e. The molecule has 1 aliphatic rings. The summed E-state index contributed by atoms with van der Waals surface area (Å²) in [5.41, 5.74) is 6.83. The van der Waals surface area contributed by atoms with Gasteiger partial charge in [-0.05, 0) is 25.5 Å².